The van der Waals surface area contributed by atoms with E-state index in [1.54, 1.807) is 42.5 Å². The van der Waals surface area contributed by atoms with Gasteiger partial charge in [-0.3, -0.25) is 9.59 Å². The van der Waals surface area contributed by atoms with E-state index >= 15 is 0 Å². The summed E-state index contributed by atoms with van der Waals surface area (Å²) in [5, 5.41) is 12.0. The van der Waals surface area contributed by atoms with Crippen LogP contribution in [-0.4, -0.2) is 25.5 Å². The zero-order valence-corrected chi connectivity index (χ0v) is 14.2. The quantitative estimate of drug-likeness (QED) is 0.878. The third-order valence-corrected chi connectivity index (χ3v) is 3.64. The fourth-order valence-electron chi connectivity index (χ4n) is 2.43. The molecule has 0 saturated carbocycles. The van der Waals surface area contributed by atoms with E-state index < -0.39 is 0 Å². The van der Waals surface area contributed by atoms with E-state index in [2.05, 4.69) is 11.4 Å². The number of nitrogens with zero attached hydrogens (tertiary/aromatic N) is 2. The highest BCUT2D eigenvalue weighted by atomic mass is 16.5. The largest absolute Gasteiger partial charge is 0.495 e. The van der Waals surface area contributed by atoms with Gasteiger partial charge in [0.05, 0.1) is 24.0 Å². The standard InChI is InChI=1S/C19H19N3O3/c1-14(23)22(17-9-5-3-7-15(17)13-20)12-11-19(24)21-16-8-4-6-10-18(16)25-2/h3-10H,11-12H2,1-2H3,(H,21,24). The van der Waals surface area contributed by atoms with Crippen LogP contribution in [0, 0.1) is 11.3 Å². The lowest BCUT2D eigenvalue weighted by Gasteiger charge is -2.22. The maximum atomic E-state index is 12.2. The summed E-state index contributed by atoms with van der Waals surface area (Å²) in [6, 6.07) is 16.0. The van der Waals surface area contributed by atoms with Crippen LogP contribution in [0.4, 0.5) is 11.4 Å². The molecule has 0 aliphatic carbocycles. The molecule has 2 amide bonds. The molecule has 128 valence electrons. The van der Waals surface area contributed by atoms with Crippen molar-refractivity contribution >= 4 is 23.2 Å². The Bertz CT molecular complexity index is 812. The lowest BCUT2D eigenvalue weighted by Crippen LogP contribution is -2.32. The Morgan fingerprint density at radius 3 is 2.52 bits per heavy atom. The van der Waals surface area contributed by atoms with Crippen LogP contribution in [0.3, 0.4) is 0 Å². The predicted molar refractivity (Wildman–Crippen MR) is 95.4 cm³/mol. The molecule has 2 rings (SSSR count). The van der Waals surface area contributed by atoms with Gasteiger partial charge in [-0.2, -0.15) is 5.26 Å². The van der Waals surface area contributed by atoms with Crippen LogP contribution in [0.25, 0.3) is 0 Å². The van der Waals surface area contributed by atoms with Gasteiger partial charge in [-0.1, -0.05) is 24.3 Å². The normalized spacial score (nSPS) is 9.80. The zero-order chi connectivity index (χ0) is 18.2. The number of carbonyl (C=O) groups excluding carboxylic acids is 2. The first-order chi connectivity index (χ1) is 12.1. The van der Waals surface area contributed by atoms with Crippen molar-refractivity contribution in [2.24, 2.45) is 0 Å². The summed E-state index contributed by atoms with van der Waals surface area (Å²) in [5.74, 6) is 0.0899. The molecule has 0 radical (unpaired) electrons. The van der Waals surface area contributed by atoms with Crippen LogP contribution >= 0.6 is 0 Å². The maximum absolute atomic E-state index is 12.2. The number of rotatable bonds is 6. The van der Waals surface area contributed by atoms with Crippen molar-refractivity contribution < 1.29 is 14.3 Å². The first kappa shape index (κ1) is 18.0. The summed E-state index contributed by atoms with van der Waals surface area (Å²) in [6.07, 6.45) is 0.0946. The summed E-state index contributed by atoms with van der Waals surface area (Å²) < 4.78 is 5.19. The van der Waals surface area contributed by atoms with E-state index in [1.165, 1.54) is 18.9 Å². The average Bonchev–Trinajstić information content (AvgIpc) is 2.62. The van der Waals surface area contributed by atoms with E-state index in [1.807, 2.05) is 6.07 Å². The first-order valence-corrected chi connectivity index (χ1v) is 7.77. The number of carbonyl (C=O) groups is 2. The molecule has 0 saturated heterocycles. The molecule has 2 aromatic rings. The Hall–Kier alpha value is -3.33. The van der Waals surface area contributed by atoms with E-state index in [4.69, 9.17) is 4.74 Å². The molecule has 0 unspecified atom stereocenters. The van der Waals surface area contributed by atoms with Crippen molar-refractivity contribution in [3.63, 3.8) is 0 Å². The second-order valence-corrected chi connectivity index (χ2v) is 5.30. The molecule has 1 N–H and O–H groups in total. The van der Waals surface area contributed by atoms with E-state index in [0.717, 1.165) is 0 Å². The Balaban J connectivity index is 2.08. The summed E-state index contributed by atoms with van der Waals surface area (Å²) >= 11 is 0. The SMILES string of the molecule is COc1ccccc1NC(=O)CCN(C(C)=O)c1ccccc1C#N. The smallest absolute Gasteiger partial charge is 0.226 e. The van der Waals surface area contributed by atoms with Crippen molar-refractivity contribution in [3.05, 3.63) is 54.1 Å². The number of amides is 2. The minimum atomic E-state index is -0.245. The second-order valence-electron chi connectivity index (χ2n) is 5.30. The van der Waals surface area contributed by atoms with Crippen molar-refractivity contribution in [2.45, 2.75) is 13.3 Å². The van der Waals surface area contributed by atoms with Crippen molar-refractivity contribution in [3.8, 4) is 11.8 Å². The van der Waals surface area contributed by atoms with Gasteiger partial charge in [-0.25, -0.2) is 0 Å². The lowest BCUT2D eigenvalue weighted by molar-refractivity contribution is -0.117. The van der Waals surface area contributed by atoms with Gasteiger partial charge in [0.25, 0.3) is 0 Å². The van der Waals surface area contributed by atoms with Gasteiger partial charge in [0, 0.05) is 19.9 Å². The maximum Gasteiger partial charge on any atom is 0.226 e. The predicted octanol–water partition coefficient (Wildman–Crippen LogP) is 2.95. The Labute approximate surface area is 146 Å². The fourth-order valence-corrected chi connectivity index (χ4v) is 2.43. The number of hydrogen-bond donors (Lipinski definition) is 1. The molecule has 6 nitrogen and oxygen atoms in total. The highest BCUT2D eigenvalue weighted by molar-refractivity contribution is 5.96. The minimum Gasteiger partial charge on any atom is -0.495 e. The molecule has 0 bridgehead atoms. The first-order valence-electron chi connectivity index (χ1n) is 7.77. The topological polar surface area (TPSA) is 82.4 Å². The zero-order valence-electron chi connectivity index (χ0n) is 14.2. The van der Waals surface area contributed by atoms with Crippen molar-refractivity contribution in [1.82, 2.24) is 0 Å². The number of benzene rings is 2. The molecule has 0 aromatic heterocycles. The number of ether oxygens (including phenoxy) is 1. The molecular weight excluding hydrogens is 318 g/mol. The van der Waals surface area contributed by atoms with Gasteiger partial charge in [-0.05, 0) is 24.3 Å². The number of para-hydroxylation sites is 3. The van der Waals surface area contributed by atoms with E-state index in [-0.39, 0.29) is 24.8 Å². The summed E-state index contributed by atoms with van der Waals surface area (Å²) in [6.45, 7) is 1.58. The average molecular weight is 337 g/mol. The number of anilines is 2. The van der Waals surface area contributed by atoms with Crippen LogP contribution in [0.15, 0.2) is 48.5 Å². The molecule has 25 heavy (non-hydrogen) atoms. The van der Waals surface area contributed by atoms with Gasteiger partial charge < -0.3 is 15.0 Å². The third-order valence-electron chi connectivity index (χ3n) is 3.64. The Morgan fingerprint density at radius 2 is 1.84 bits per heavy atom. The van der Waals surface area contributed by atoms with Gasteiger partial charge >= 0.3 is 0 Å². The van der Waals surface area contributed by atoms with Crippen molar-refractivity contribution in [1.29, 1.82) is 5.26 Å². The summed E-state index contributed by atoms with van der Waals surface area (Å²) in [4.78, 5) is 25.6. The molecule has 0 aliphatic heterocycles. The van der Waals surface area contributed by atoms with Gasteiger partial charge in [0.2, 0.25) is 11.8 Å². The Morgan fingerprint density at radius 1 is 1.16 bits per heavy atom. The van der Waals surface area contributed by atoms with Gasteiger partial charge in [0.1, 0.15) is 11.8 Å². The minimum absolute atomic E-state index is 0.0946. The number of hydrogen-bond acceptors (Lipinski definition) is 4. The van der Waals surface area contributed by atoms with E-state index in [9.17, 15) is 14.9 Å². The van der Waals surface area contributed by atoms with Crippen LogP contribution in [0.2, 0.25) is 0 Å². The highest BCUT2D eigenvalue weighted by Gasteiger charge is 2.17. The molecule has 2 aromatic carbocycles. The molecule has 0 heterocycles. The molecule has 0 atom stereocenters. The third kappa shape index (κ3) is 4.58. The molecule has 0 spiro atoms. The van der Waals surface area contributed by atoms with Gasteiger partial charge in [0.15, 0.2) is 0 Å². The fraction of sp³-hybridized carbons (Fsp3) is 0.211. The number of nitrogens with one attached hydrogen (secondary N) is 1. The molecule has 0 fully saturated rings. The summed E-state index contributed by atoms with van der Waals surface area (Å²) in [7, 11) is 1.53. The molecular formula is C19H19N3O3. The molecule has 0 aliphatic rings. The van der Waals surface area contributed by atoms with Crippen LogP contribution in [0.5, 0.6) is 5.75 Å². The molecule has 6 heteroatoms. The lowest BCUT2D eigenvalue weighted by atomic mass is 10.1. The van der Waals surface area contributed by atoms with Crippen LogP contribution in [0.1, 0.15) is 18.9 Å². The highest BCUT2D eigenvalue weighted by Crippen LogP contribution is 2.24. The second kappa shape index (κ2) is 8.50. The monoisotopic (exact) mass is 337 g/mol. The number of nitriles is 1. The van der Waals surface area contributed by atoms with Crippen LogP contribution < -0.4 is 15.0 Å². The van der Waals surface area contributed by atoms with Crippen molar-refractivity contribution in [2.75, 3.05) is 23.9 Å². The van der Waals surface area contributed by atoms with Gasteiger partial charge in [-0.15, -0.1) is 0 Å². The Kier molecular flexibility index (Phi) is 6.13. The number of methoxy groups -OCH3 is 1. The van der Waals surface area contributed by atoms with E-state index in [0.29, 0.717) is 22.7 Å². The van der Waals surface area contributed by atoms with Crippen LogP contribution in [-0.2, 0) is 9.59 Å². The summed E-state index contributed by atoms with van der Waals surface area (Å²) in [5.41, 5.74) is 1.47.